The maximum Gasteiger partial charge on any atom is 0.224 e. The van der Waals surface area contributed by atoms with E-state index in [2.05, 4.69) is 21.2 Å². The van der Waals surface area contributed by atoms with E-state index in [9.17, 15) is 4.79 Å². The van der Waals surface area contributed by atoms with Crippen LogP contribution in [0.15, 0.2) is 24.3 Å². The highest BCUT2D eigenvalue weighted by atomic mass is 79.9. The van der Waals surface area contributed by atoms with Gasteiger partial charge in [-0.1, -0.05) is 66.6 Å². The van der Waals surface area contributed by atoms with E-state index in [1.807, 2.05) is 24.3 Å². The van der Waals surface area contributed by atoms with Gasteiger partial charge < -0.3 is 10.1 Å². The summed E-state index contributed by atoms with van der Waals surface area (Å²) in [6.45, 7) is 0. The molecule has 1 amide bonds. The van der Waals surface area contributed by atoms with Crippen molar-refractivity contribution < 1.29 is 9.53 Å². The number of methoxy groups -OCH3 is 1. The Balaban J connectivity index is 2.06. The summed E-state index contributed by atoms with van der Waals surface area (Å²) in [5, 5.41) is 4.04. The van der Waals surface area contributed by atoms with Crippen molar-refractivity contribution in [2.75, 3.05) is 17.8 Å². The van der Waals surface area contributed by atoms with Crippen molar-refractivity contribution in [3.05, 3.63) is 24.3 Å². The van der Waals surface area contributed by atoms with Crippen molar-refractivity contribution in [3.63, 3.8) is 0 Å². The zero-order valence-corrected chi connectivity index (χ0v) is 15.2. The predicted molar refractivity (Wildman–Crippen MR) is 97.0 cm³/mol. The van der Waals surface area contributed by atoms with E-state index in [1.165, 1.54) is 38.5 Å². The third-order valence-electron chi connectivity index (χ3n) is 3.67. The number of rotatable bonds is 12. The molecule has 0 aromatic heterocycles. The number of halogens is 1. The van der Waals surface area contributed by atoms with Crippen molar-refractivity contribution >= 4 is 27.5 Å². The second-order valence-electron chi connectivity index (χ2n) is 5.52. The van der Waals surface area contributed by atoms with Crippen molar-refractivity contribution in [1.82, 2.24) is 0 Å². The van der Waals surface area contributed by atoms with Crippen LogP contribution in [-0.2, 0) is 4.79 Å². The van der Waals surface area contributed by atoms with Crippen LogP contribution in [0.1, 0.15) is 57.8 Å². The van der Waals surface area contributed by atoms with Gasteiger partial charge in [0.25, 0.3) is 0 Å². The minimum atomic E-state index is 0.0711. The Morgan fingerprint density at radius 3 is 2.23 bits per heavy atom. The molecule has 0 radical (unpaired) electrons. The lowest BCUT2D eigenvalue weighted by Gasteiger charge is -2.09. The minimum absolute atomic E-state index is 0.0711. The molecule has 0 aliphatic heterocycles. The third-order valence-corrected chi connectivity index (χ3v) is 4.23. The van der Waals surface area contributed by atoms with Gasteiger partial charge in [0, 0.05) is 11.8 Å². The second-order valence-corrected chi connectivity index (χ2v) is 6.31. The molecule has 0 heterocycles. The number of amides is 1. The largest absolute Gasteiger partial charge is 0.495 e. The molecular formula is C18H28BrNO2. The maximum atomic E-state index is 11.9. The SMILES string of the molecule is COc1ccccc1NC(=O)CCCCCCCCCCBr. The first kappa shape index (κ1) is 19.0. The summed E-state index contributed by atoms with van der Waals surface area (Å²) in [5.74, 6) is 0.779. The molecule has 1 rings (SSSR count). The summed E-state index contributed by atoms with van der Waals surface area (Å²) in [7, 11) is 1.61. The van der Waals surface area contributed by atoms with E-state index in [0.717, 1.165) is 23.9 Å². The van der Waals surface area contributed by atoms with Gasteiger partial charge in [-0.3, -0.25) is 4.79 Å². The quantitative estimate of drug-likeness (QED) is 0.388. The van der Waals surface area contributed by atoms with E-state index >= 15 is 0 Å². The zero-order chi connectivity index (χ0) is 16.0. The minimum Gasteiger partial charge on any atom is -0.495 e. The van der Waals surface area contributed by atoms with E-state index in [4.69, 9.17) is 4.74 Å². The molecule has 4 heteroatoms. The number of hydrogen-bond donors (Lipinski definition) is 1. The van der Waals surface area contributed by atoms with Crippen LogP contribution in [0, 0.1) is 0 Å². The molecule has 1 aromatic rings. The lowest BCUT2D eigenvalue weighted by molar-refractivity contribution is -0.116. The van der Waals surface area contributed by atoms with E-state index in [-0.39, 0.29) is 5.91 Å². The number of benzene rings is 1. The first-order valence-corrected chi connectivity index (χ1v) is 9.39. The standard InChI is InChI=1S/C18H28BrNO2/c1-22-17-13-10-9-12-16(17)20-18(21)14-8-6-4-2-3-5-7-11-15-19/h9-10,12-13H,2-8,11,14-15H2,1H3,(H,20,21). The molecule has 0 fully saturated rings. The Bertz CT molecular complexity index is 423. The zero-order valence-electron chi connectivity index (χ0n) is 13.6. The molecule has 0 spiro atoms. The van der Waals surface area contributed by atoms with Crippen molar-refractivity contribution in [3.8, 4) is 5.75 Å². The molecule has 0 aliphatic rings. The van der Waals surface area contributed by atoms with Gasteiger partial charge in [-0.05, 0) is 25.0 Å². The van der Waals surface area contributed by atoms with Crippen LogP contribution in [0.4, 0.5) is 5.69 Å². The molecule has 1 N–H and O–H groups in total. The topological polar surface area (TPSA) is 38.3 Å². The highest BCUT2D eigenvalue weighted by Crippen LogP contribution is 2.23. The first-order chi connectivity index (χ1) is 10.8. The highest BCUT2D eigenvalue weighted by Gasteiger charge is 2.06. The molecule has 124 valence electrons. The van der Waals surface area contributed by atoms with Crippen LogP contribution in [0.5, 0.6) is 5.75 Å². The molecule has 0 unspecified atom stereocenters. The van der Waals surface area contributed by atoms with Crippen LogP contribution < -0.4 is 10.1 Å². The Morgan fingerprint density at radius 1 is 1.00 bits per heavy atom. The fourth-order valence-corrected chi connectivity index (χ4v) is 2.80. The Morgan fingerprint density at radius 2 is 1.59 bits per heavy atom. The lowest BCUT2D eigenvalue weighted by Crippen LogP contribution is -2.11. The third kappa shape index (κ3) is 8.42. The fourth-order valence-electron chi connectivity index (χ4n) is 2.40. The van der Waals surface area contributed by atoms with Crippen molar-refractivity contribution in [2.45, 2.75) is 57.8 Å². The van der Waals surface area contributed by atoms with Crippen molar-refractivity contribution in [1.29, 1.82) is 0 Å². The highest BCUT2D eigenvalue weighted by molar-refractivity contribution is 9.09. The van der Waals surface area contributed by atoms with Gasteiger partial charge in [0.05, 0.1) is 12.8 Å². The van der Waals surface area contributed by atoms with Gasteiger partial charge >= 0.3 is 0 Å². The summed E-state index contributed by atoms with van der Waals surface area (Å²) >= 11 is 3.45. The van der Waals surface area contributed by atoms with Crippen LogP contribution in [0.3, 0.4) is 0 Å². The molecule has 0 atom stereocenters. The van der Waals surface area contributed by atoms with Crippen LogP contribution in [-0.4, -0.2) is 18.3 Å². The van der Waals surface area contributed by atoms with E-state index in [1.54, 1.807) is 7.11 Å². The average Bonchev–Trinajstić information content (AvgIpc) is 2.54. The number of carbonyl (C=O) groups is 1. The number of para-hydroxylation sites is 2. The van der Waals surface area contributed by atoms with Crippen LogP contribution in [0.25, 0.3) is 0 Å². The number of ether oxygens (including phenoxy) is 1. The number of anilines is 1. The molecule has 0 aliphatic carbocycles. The summed E-state index contributed by atoms with van der Waals surface area (Å²) in [6, 6.07) is 7.51. The Labute approximate surface area is 143 Å². The molecule has 22 heavy (non-hydrogen) atoms. The number of unbranched alkanes of at least 4 members (excludes halogenated alkanes) is 7. The van der Waals surface area contributed by atoms with Gasteiger partial charge in [0.15, 0.2) is 0 Å². The predicted octanol–water partition coefficient (Wildman–Crippen LogP) is 5.54. The summed E-state index contributed by atoms with van der Waals surface area (Å²) in [5.41, 5.74) is 0.752. The van der Waals surface area contributed by atoms with Gasteiger partial charge in [-0.25, -0.2) is 0 Å². The van der Waals surface area contributed by atoms with E-state index in [0.29, 0.717) is 12.2 Å². The molecule has 0 bridgehead atoms. The van der Waals surface area contributed by atoms with Gasteiger partial charge in [0.1, 0.15) is 5.75 Å². The summed E-state index contributed by atoms with van der Waals surface area (Å²) in [4.78, 5) is 11.9. The van der Waals surface area contributed by atoms with Crippen LogP contribution >= 0.6 is 15.9 Å². The Hall–Kier alpha value is -1.03. The number of hydrogen-bond acceptors (Lipinski definition) is 2. The number of carbonyl (C=O) groups excluding carboxylic acids is 1. The van der Waals surface area contributed by atoms with Gasteiger partial charge in [-0.15, -0.1) is 0 Å². The van der Waals surface area contributed by atoms with Crippen LogP contribution in [0.2, 0.25) is 0 Å². The molecule has 1 aromatic carbocycles. The van der Waals surface area contributed by atoms with E-state index < -0.39 is 0 Å². The Kier molecular flexibility index (Phi) is 10.8. The fraction of sp³-hybridized carbons (Fsp3) is 0.611. The average molecular weight is 370 g/mol. The molecule has 0 saturated heterocycles. The molecule has 0 saturated carbocycles. The smallest absolute Gasteiger partial charge is 0.224 e. The first-order valence-electron chi connectivity index (χ1n) is 8.26. The van der Waals surface area contributed by atoms with Crippen molar-refractivity contribution in [2.24, 2.45) is 0 Å². The number of alkyl halides is 1. The van der Waals surface area contributed by atoms with Gasteiger partial charge in [-0.2, -0.15) is 0 Å². The maximum absolute atomic E-state index is 11.9. The monoisotopic (exact) mass is 369 g/mol. The summed E-state index contributed by atoms with van der Waals surface area (Å²) in [6.07, 6.45) is 10.5. The lowest BCUT2D eigenvalue weighted by atomic mass is 10.1. The normalized spacial score (nSPS) is 10.5. The summed E-state index contributed by atoms with van der Waals surface area (Å²) < 4.78 is 5.23. The number of nitrogens with one attached hydrogen (secondary N) is 1. The molecular weight excluding hydrogens is 342 g/mol. The second kappa shape index (κ2) is 12.5. The molecule has 3 nitrogen and oxygen atoms in total. The van der Waals surface area contributed by atoms with Gasteiger partial charge in [0.2, 0.25) is 5.91 Å².